The van der Waals surface area contributed by atoms with Crippen molar-refractivity contribution in [3.05, 3.63) is 53.1 Å². The van der Waals surface area contributed by atoms with Crippen molar-refractivity contribution in [2.45, 2.75) is 6.92 Å². The number of anilines is 3. The molecule has 0 spiro atoms. The molecule has 2 rings (SSSR count). The predicted molar refractivity (Wildman–Crippen MR) is 88.9 cm³/mol. The summed E-state index contributed by atoms with van der Waals surface area (Å²) in [5.41, 5.74) is 9.00. The molecular formula is C16H18ClN3O. The molecular weight excluding hydrogens is 286 g/mol. The summed E-state index contributed by atoms with van der Waals surface area (Å²) < 4.78 is 0. The number of benzene rings is 2. The van der Waals surface area contributed by atoms with E-state index in [-0.39, 0.29) is 12.5 Å². The van der Waals surface area contributed by atoms with Gasteiger partial charge in [0, 0.05) is 17.8 Å². The van der Waals surface area contributed by atoms with Crippen LogP contribution < -0.4 is 16.0 Å². The zero-order valence-electron chi connectivity index (χ0n) is 12.1. The van der Waals surface area contributed by atoms with Crippen molar-refractivity contribution in [2.24, 2.45) is 0 Å². The molecule has 4 nitrogen and oxygen atoms in total. The summed E-state index contributed by atoms with van der Waals surface area (Å²) in [6, 6.07) is 12.9. The van der Waals surface area contributed by atoms with Crippen LogP contribution in [0.5, 0.6) is 0 Å². The maximum absolute atomic E-state index is 12.1. The van der Waals surface area contributed by atoms with Gasteiger partial charge in [0.2, 0.25) is 5.91 Å². The summed E-state index contributed by atoms with van der Waals surface area (Å²) in [5.74, 6) is -0.130. The number of amides is 1. The number of rotatable bonds is 4. The van der Waals surface area contributed by atoms with E-state index >= 15 is 0 Å². The number of halogens is 1. The van der Waals surface area contributed by atoms with Crippen molar-refractivity contribution >= 4 is 34.6 Å². The van der Waals surface area contributed by atoms with Crippen LogP contribution in [-0.4, -0.2) is 19.5 Å². The molecule has 21 heavy (non-hydrogen) atoms. The van der Waals surface area contributed by atoms with Gasteiger partial charge >= 0.3 is 0 Å². The summed E-state index contributed by atoms with van der Waals surface area (Å²) in [4.78, 5) is 14.0. The van der Waals surface area contributed by atoms with E-state index in [1.807, 2.05) is 43.1 Å². The fourth-order valence-electron chi connectivity index (χ4n) is 2.13. The van der Waals surface area contributed by atoms with E-state index < -0.39 is 0 Å². The lowest BCUT2D eigenvalue weighted by molar-refractivity contribution is -0.114. The second kappa shape index (κ2) is 6.50. The quantitative estimate of drug-likeness (QED) is 0.852. The van der Waals surface area contributed by atoms with E-state index in [0.717, 1.165) is 11.3 Å². The largest absolute Gasteiger partial charge is 0.397 e. The molecule has 0 aliphatic heterocycles. The fraction of sp³-hybridized carbons (Fsp3) is 0.188. The van der Waals surface area contributed by atoms with Crippen LogP contribution >= 0.6 is 11.6 Å². The average Bonchev–Trinajstić information content (AvgIpc) is 2.42. The second-order valence-corrected chi connectivity index (χ2v) is 5.36. The number of nitrogens with zero attached hydrogens (tertiary/aromatic N) is 1. The number of likely N-dealkylation sites (N-methyl/N-ethyl adjacent to an activating group) is 1. The van der Waals surface area contributed by atoms with Gasteiger partial charge in [-0.25, -0.2) is 0 Å². The van der Waals surface area contributed by atoms with E-state index in [4.69, 9.17) is 17.3 Å². The van der Waals surface area contributed by atoms with Crippen molar-refractivity contribution in [1.82, 2.24) is 0 Å². The zero-order chi connectivity index (χ0) is 15.4. The molecule has 0 aliphatic rings. The first kappa shape index (κ1) is 15.2. The number of carbonyl (C=O) groups is 1. The summed E-state index contributed by atoms with van der Waals surface area (Å²) in [6.07, 6.45) is 0. The average molecular weight is 304 g/mol. The maximum atomic E-state index is 12.1. The molecule has 0 fully saturated rings. The lowest BCUT2D eigenvalue weighted by Gasteiger charge is -2.21. The zero-order valence-corrected chi connectivity index (χ0v) is 12.8. The maximum Gasteiger partial charge on any atom is 0.243 e. The smallest absolute Gasteiger partial charge is 0.243 e. The van der Waals surface area contributed by atoms with Crippen LogP contribution in [0.3, 0.4) is 0 Å². The van der Waals surface area contributed by atoms with E-state index in [1.165, 1.54) is 0 Å². The third-order valence-electron chi connectivity index (χ3n) is 3.20. The molecule has 2 aromatic carbocycles. The number of nitrogen functional groups attached to an aromatic ring is 1. The molecule has 2 aromatic rings. The Labute approximate surface area is 129 Å². The Morgan fingerprint density at radius 3 is 2.67 bits per heavy atom. The van der Waals surface area contributed by atoms with Gasteiger partial charge in [-0.05, 0) is 36.8 Å². The van der Waals surface area contributed by atoms with Crippen molar-refractivity contribution in [1.29, 1.82) is 0 Å². The molecule has 0 saturated carbocycles. The Morgan fingerprint density at radius 1 is 1.29 bits per heavy atom. The molecule has 0 bridgehead atoms. The Morgan fingerprint density at radius 2 is 2.00 bits per heavy atom. The molecule has 5 heteroatoms. The Hall–Kier alpha value is -2.20. The standard InChI is InChI=1S/C16H18ClN3O/c1-11-5-3-4-6-15(11)20(2)10-16(21)19-14-8-7-12(17)9-13(14)18/h3-9H,10,18H2,1-2H3,(H,19,21). The summed E-state index contributed by atoms with van der Waals surface area (Å²) in [6.45, 7) is 2.26. The minimum absolute atomic E-state index is 0.130. The van der Waals surface area contributed by atoms with Crippen LogP contribution in [-0.2, 0) is 4.79 Å². The lowest BCUT2D eigenvalue weighted by Crippen LogP contribution is -2.30. The lowest BCUT2D eigenvalue weighted by atomic mass is 10.2. The number of aryl methyl sites for hydroxylation is 1. The fourth-order valence-corrected chi connectivity index (χ4v) is 2.31. The van der Waals surface area contributed by atoms with Crippen molar-refractivity contribution in [3.63, 3.8) is 0 Å². The highest BCUT2D eigenvalue weighted by Gasteiger charge is 2.10. The van der Waals surface area contributed by atoms with E-state index in [1.54, 1.807) is 18.2 Å². The van der Waals surface area contributed by atoms with Crippen molar-refractivity contribution in [3.8, 4) is 0 Å². The van der Waals surface area contributed by atoms with Crippen LogP contribution in [0.25, 0.3) is 0 Å². The molecule has 110 valence electrons. The monoisotopic (exact) mass is 303 g/mol. The summed E-state index contributed by atoms with van der Waals surface area (Å²) in [5, 5.41) is 3.34. The van der Waals surface area contributed by atoms with Gasteiger partial charge in [-0.15, -0.1) is 0 Å². The Bertz CT molecular complexity index is 658. The summed E-state index contributed by atoms with van der Waals surface area (Å²) in [7, 11) is 1.88. The molecule has 0 unspecified atom stereocenters. The molecule has 0 atom stereocenters. The van der Waals surface area contributed by atoms with Gasteiger partial charge in [0.1, 0.15) is 0 Å². The molecule has 0 radical (unpaired) electrons. The number of para-hydroxylation sites is 1. The van der Waals surface area contributed by atoms with E-state index in [2.05, 4.69) is 5.32 Å². The van der Waals surface area contributed by atoms with Gasteiger partial charge in [0.15, 0.2) is 0 Å². The number of hydrogen-bond acceptors (Lipinski definition) is 3. The van der Waals surface area contributed by atoms with Gasteiger partial charge in [-0.3, -0.25) is 4.79 Å². The van der Waals surface area contributed by atoms with Crippen LogP contribution in [0.15, 0.2) is 42.5 Å². The topological polar surface area (TPSA) is 58.4 Å². The van der Waals surface area contributed by atoms with Crippen LogP contribution in [0.1, 0.15) is 5.56 Å². The molecule has 0 aromatic heterocycles. The number of nitrogens with one attached hydrogen (secondary N) is 1. The Kier molecular flexibility index (Phi) is 4.70. The SMILES string of the molecule is Cc1ccccc1N(C)CC(=O)Nc1ccc(Cl)cc1N. The van der Waals surface area contributed by atoms with Gasteiger partial charge in [0.05, 0.1) is 17.9 Å². The minimum Gasteiger partial charge on any atom is -0.397 e. The highest BCUT2D eigenvalue weighted by atomic mass is 35.5. The molecule has 3 N–H and O–H groups in total. The second-order valence-electron chi connectivity index (χ2n) is 4.92. The summed E-state index contributed by atoms with van der Waals surface area (Å²) >= 11 is 5.83. The van der Waals surface area contributed by atoms with Gasteiger partial charge in [-0.2, -0.15) is 0 Å². The third kappa shape index (κ3) is 3.89. The van der Waals surface area contributed by atoms with Gasteiger partial charge < -0.3 is 16.0 Å². The first-order valence-electron chi connectivity index (χ1n) is 6.59. The van der Waals surface area contributed by atoms with Crippen LogP contribution in [0.2, 0.25) is 5.02 Å². The van der Waals surface area contributed by atoms with E-state index in [0.29, 0.717) is 16.4 Å². The molecule has 0 aliphatic carbocycles. The Balaban J connectivity index is 2.03. The van der Waals surface area contributed by atoms with Gasteiger partial charge in [-0.1, -0.05) is 29.8 Å². The first-order valence-corrected chi connectivity index (χ1v) is 6.97. The number of hydrogen-bond donors (Lipinski definition) is 2. The highest BCUT2D eigenvalue weighted by molar-refractivity contribution is 6.31. The van der Waals surface area contributed by atoms with Crippen molar-refractivity contribution < 1.29 is 4.79 Å². The first-order chi connectivity index (χ1) is 9.97. The minimum atomic E-state index is -0.130. The predicted octanol–water partition coefficient (Wildman–Crippen LogP) is 3.31. The third-order valence-corrected chi connectivity index (χ3v) is 3.43. The van der Waals surface area contributed by atoms with Crippen LogP contribution in [0, 0.1) is 6.92 Å². The molecule has 0 saturated heterocycles. The van der Waals surface area contributed by atoms with Crippen molar-refractivity contribution in [2.75, 3.05) is 29.5 Å². The van der Waals surface area contributed by atoms with E-state index in [9.17, 15) is 4.79 Å². The van der Waals surface area contributed by atoms with Gasteiger partial charge in [0.25, 0.3) is 0 Å². The highest BCUT2D eigenvalue weighted by Crippen LogP contribution is 2.23. The van der Waals surface area contributed by atoms with Crippen LogP contribution in [0.4, 0.5) is 17.1 Å². The molecule has 0 heterocycles. The molecule has 1 amide bonds. The number of carbonyl (C=O) groups excluding carboxylic acids is 1. The normalized spacial score (nSPS) is 10.2. The number of nitrogens with two attached hydrogens (primary N) is 1.